The second kappa shape index (κ2) is 15.3. The van der Waals surface area contributed by atoms with Crippen molar-refractivity contribution < 1.29 is 35.7 Å². The van der Waals surface area contributed by atoms with E-state index in [-0.39, 0.29) is 34.9 Å². The molecule has 0 saturated heterocycles. The van der Waals surface area contributed by atoms with E-state index >= 15 is 0 Å². The molecule has 1 aliphatic rings. The van der Waals surface area contributed by atoms with E-state index in [2.05, 4.69) is 42.7 Å². The largest absolute Gasteiger partial charge is 0.416 e. The van der Waals surface area contributed by atoms with Crippen LogP contribution in [-0.4, -0.2) is 37.1 Å². The van der Waals surface area contributed by atoms with Crippen LogP contribution in [0.5, 0.6) is 0 Å². The van der Waals surface area contributed by atoms with E-state index in [9.17, 15) is 31.2 Å². The van der Waals surface area contributed by atoms with Crippen molar-refractivity contribution in [1.29, 1.82) is 0 Å². The first kappa shape index (κ1) is 37.5. The quantitative estimate of drug-likeness (QED) is 0.133. The lowest BCUT2D eigenvalue weighted by atomic mass is 9.82. The van der Waals surface area contributed by atoms with E-state index in [0.29, 0.717) is 16.8 Å². The van der Waals surface area contributed by atoms with Crippen LogP contribution in [0.15, 0.2) is 109 Å². The third-order valence-electron chi connectivity index (χ3n) is 8.59. The Morgan fingerprint density at radius 3 is 2.14 bits per heavy atom. The second-order valence-corrected chi connectivity index (χ2v) is 15.0. The Labute approximate surface area is 300 Å². The number of amides is 2. The Hall–Kier alpha value is -4.71. The third-order valence-corrected chi connectivity index (χ3v) is 9.62. The molecule has 3 N–H and O–H groups in total. The zero-order chi connectivity index (χ0) is 37.0. The van der Waals surface area contributed by atoms with Gasteiger partial charge in [-0.15, -0.1) is 0 Å². The average molecular weight is 737 g/mol. The van der Waals surface area contributed by atoms with Crippen molar-refractivity contribution in [2.45, 2.75) is 38.8 Å². The molecule has 4 aromatic carbocycles. The smallest absolute Gasteiger partial charge is 0.351 e. The molecule has 0 radical (unpaired) electrons. The van der Waals surface area contributed by atoms with Gasteiger partial charge >= 0.3 is 6.18 Å². The monoisotopic (exact) mass is 736 g/mol. The van der Waals surface area contributed by atoms with Gasteiger partial charge in [0.1, 0.15) is 0 Å². The highest BCUT2D eigenvalue weighted by molar-refractivity contribution is 7.85. The topological polar surface area (TPSA) is 113 Å². The van der Waals surface area contributed by atoms with Gasteiger partial charge in [0.05, 0.1) is 17.2 Å². The number of rotatable bonds is 11. The number of halogens is 4. The molecule has 1 atom stereocenters. The minimum Gasteiger partial charge on any atom is -0.351 e. The van der Waals surface area contributed by atoms with Crippen molar-refractivity contribution in [3.63, 3.8) is 0 Å². The van der Waals surface area contributed by atoms with Gasteiger partial charge in [0.25, 0.3) is 16.0 Å². The molecule has 1 aliphatic carbocycles. The van der Waals surface area contributed by atoms with Gasteiger partial charge in [-0.3, -0.25) is 14.1 Å². The molecule has 0 spiro atoms. The summed E-state index contributed by atoms with van der Waals surface area (Å²) in [5.41, 5.74) is 4.65. The lowest BCUT2D eigenvalue weighted by molar-refractivity contribution is -0.137. The fourth-order valence-electron chi connectivity index (χ4n) is 5.62. The number of benzene rings is 4. The lowest BCUT2D eigenvalue weighted by Crippen LogP contribution is -2.28. The molecule has 12 heteroatoms. The van der Waals surface area contributed by atoms with Crippen LogP contribution in [0.1, 0.15) is 58.8 Å². The number of carbonyl (C=O) groups is 2. The van der Waals surface area contributed by atoms with Crippen LogP contribution in [0.4, 0.5) is 18.9 Å². The van der Waals surface area contributed by atoms with Crippen LogP contribution in [0, 0.1) is 5.41 Å². The third kappa shape index (κ3) is 10.2. The number of anilines is 1. The number of hydrogen-bond donors (Lipinski definition) is 3. The minimum atomic E-state index is -4.51. The van der Waals surface area contributed by atoms with Crippen molar-refractivity contribution in [1.82, 2.24) is 5.32 Å². The molecule has 2 amide bonds. The van der Waals surface area contributed by atoms with Gasteiger partial charge in [0.15, 0.2) is 0 Å². The summed E-state index contributed by atoms with van der Waals surface area (Å²) in [4.78, 5) is 26.4. The maximum absolute atomic E-state index is 13.9. The molecule has 1 unspecified atom stereocenters. The first-order valence-corrected chi connectivity index (χ1v) is 18.1. The summed E-state index contributed by atoms with van der Waals surface area (Å²) >= 11 is 6.19. The summed E-state index contributed by atoms with van der Waals surface area (Å²) in [6, 6.07) is 24.2. The summed E-state index contributed by atoms with van der Waals surface area (Å²) in [5, 5.41) is 5.36. The molecular formula is C39H36ClF3N2O5S. The Morgan fingerprint density at radius 2 is 1.57 bits per heavy atom. The molecule has 266 valence electrons. The molecular weight excluding hydrogens is 701 g/mol. The van der Waals surface area contributed by atoms with Crippen LogP contribution in [-0.2, 0) is 27.5 Å². The first-order valence-electron chi connectivity index (χ1n) is 16.1. The second-order valence-electron chi connectivity index (χ2n) is 13.1. The Kier molecular flexibility index (Phi) is 11.2. The molecule has 51 heavy (non-hydrogen) atoms. The van der Waals surface area contributed by atoms with E-state index < -0.39 is 39.4 Å². The van der Waals surface area contributed by atoms with Crippen LogP contribution in [0.2, 0.25) is 5.02 Å². The minimum absolute atomic E-state index is 0.0464. The predicted molar refractivity (Wildman–Crippen MR) is 194 cm³/mol. The summed E-state index contributed by atoms with van der Waals surface area (Å²) in [6.45, 7) is 4.09. The Morgan fingerprint density at radius 1 is 0.922 bits per heavy atom. The predicted octanol–water partition coefficient (Wildman–Crippen LogP) is 8.98. The van der Waals surface area contributed by atoms with Gasteiger partial charge in [-0.1, -0.05) is 98.3 Å². The van der Waals surface area contributed by atoms with Crippen LogP contribution in [0.3, 0.4) is 0 Å². The molecule has 0 fully saturated rings. The Balaban J connectivity index is 1.35. The van der Waals surface area contributed by atoms with Gasteiger partial charge in [0.2, 0.25) is 5.91 Å². The van der Waals surface area contributed by atoms with E-state index in [1.54, 1.807) is 48.5 Å². The average Bonchev–Trinajstić information content (AvgIpc) is 3.07. The van der Waals surface area contributed by atoms with Gasteiger partial charge in [-0.25, -0.2) is 0 Å². The van der Waals surface area contributed by atoms with Gasteiger partial charge in [0, 0.05) is 28.4 Å². The number of hydrogen-bond acceptors (Lipinski definition) is 4. The van der Waals surface area contributed by atoms with Crippen molar-refractivity contribution in [2.75, 3.05) is 17.6 Å². The van der Waals surface area contributed by atoms with Crippen LogP contribution >= 0.6 is 11.6 Å². The van der Waals surface area contributed by atoms with Crippen LogP contribution in [0.25, 0.3) is 16.7 Å². The molecule has 7 nitrogen and oxygen atoms in total. The van der Waals surface area contributed by atoms with Gasteiger partial charge in [-0.05, 0) is 82.5 Å². The SMILES string of the molecule is CC1(C)C=CC(c2ccc(C(Cc3ccc(C(=O)NCCS(=O)(=O)O)cc3)C(=O)Nc3ccc(-c4ccc(C(F)(F)F)cc4Cl)cc3)cc2)=CC1. The summed E-state index contributed by atoms with van der Waals surface area (Å²) in [7, 11) is -4.21. The number of allylic oxidation sites excluding steroid dienone is 4. The summed E-state index contributed by atoms with van der Waals surface area (Å²) in [5.74, 6) is -2.06. The van der Waals surface area contributed by atoms with E-state index in [1.807, 2.05) is 24.3 Å². The van der Waals surface area contributed by atoms with Crippen LogP contribution < -0.4 is 10.6 Å². The van der Waals surface area contributed by atoms with Gasteiger partial charge < -0.3 is 10.6 Å². The normalized spacial score (nSPS) is 14.8. The Bertz CT molecular complexity index is 2080. The van der Waals surface area contributed by atoms with Gasteiger partial charge in [-0.2, -0.15) is 21.6 Å². The molecule has 0 aliphatic heterocycles. The standard InChI is InChI=1S/C39H36ClF3N2O5S/c1-38(2)19-17-27(18-20-38)26-7-9-29(10-8-26)34(23-25-3-5-30(6-4-25)36(46)44-21-22-51(48,49)50)37(47)45-32-14-11-28(12-15-32)33-16-13-31(24-35(33)40)39(41,42)43/h3-19,24,34H,20-23H2,1-2H3,(H,44,46)(H,45,47)(H,48,49,50). The van der Waals surface area contributed by atoms with Crippen molar-refractivity contribution in [3.8, 4) is 11.1 Å². The molecule has 0 bridgehead atoms. The zero-order valence-electron chi connectivity index (χ0n) is 27.8. The first-order chi connectivity index (χ1) is 24.0. The highest BCUT2D eigenvalue weighted by atomic mass is 35.5. The highest BCUT2D eigenvalue weighted by Gasteiger charge is 2.31. The molecule has 5 rings (SSSR count). The number of carbonyl (C=O) groups excluding carboxylic acids is 2. The number of alkyl halides is 3. The van der Waals surface area contributed by atoms with E-state index in [0.717, 1.165) is 40.8 Å². The van der Waals surface area contributed by atoms with E-state index in [1.165, 1.54) is 6.07 Å². The molecule has 0 saturated carbocycles. The maximum Gasteiger partial charge on any atom is 0.416 e. The zero-order valence-corrected chi connectivity index (χ0v) is 29.4. The fourth-order valence-corrected chi connectivity index (χ4v) is 6.27. The lowest BCUT2D eigenvalue weighted by Gasteiger charge is -2.23. The molecule has 0 heterocycles. The summed E-state index contributed by atoms with van der Waals surface area (Å²) in [6.07, 6.45) is 3.16. The molecule has 0 aromatic heterocycles. The van der Waals surface area contributed by atoms with Crippen molar-refractivity contribution in [3.05, 3.63) is 142 Å². The van der Waals surface area contributed by atoms with Crippen molar-refractivity contribution in [2.24, 2.45) is 5.41 Å². The maximum atomic E-state index is 13.9. The van der Waals surface area contributed by atoms with E-state index in [4.69, 9.17) is 16.2 Å². The summed E-state index contributed by atoms with van der Waals surface area (Å²) < 4.78 is 70.2. The fraction of sp³-hybridized carbons (Fsp3) is 0.231. The number of nitrogens with one attached hydrogen (secondary N) is 2. The molecule has 4 aromatic rings. The van der Waals surface area contributed by atoms with Crippen molar-refractivity contribution >= 4 is 44.8 Å². The highest BCUT2D eigenvalue weighted by Crippen LogP contribution is 2.36.